The molecule has 6 rings (SSSR count). The van der Waals surface area contributed by atoms with E-state index in [1.165, 1.54) is 122 Å². The molecule has 4 fully saturated rings. The van der Waals surface area contributed by atoms with Crippen LogP contribution in [-0.2, 0) is 0 Å². The first-order chi connectivity index (χ1) is 14.5. The summed E-state index contributed by atoms with van der Waals surface area (Å²) in [5, 5.41) is 0. The molecule has 0 nitrogen and oxygen atoms in total. The molecule has 0 amide bonds. The molecule has 4 saturated carbocycles. The van der Waals surface area contributed by atoms with Crippen LogP contribution in [0.4, 0.5) is 0 Å². The van der Waals surface area contributed by atoms with Crippen molar-refractivity contribution in [3.63, 3.8) is 0 Å². The van der Waals surface area contributed by atoms with E-state index in [2.05, 4.69) is 32.6 Å². The lowest BCUT2D eigenvalue weighted by molar-refractivity contribution is 0.350. The van der Waals surface area contributed by atoms with Crippen LogP contribution >= 0.6 is 0 Å². The van der Waals surface area contributed by atoms with Crippen LogP contribution in [0.2, 0.25) is 0 Å². The molecule has 30 heavy (non-hydrogen) atoms. The highest BCUT2D eigenvalue weighted by atomic mass is 14.4. The predicted molar refractivity (Wildman–Crippen MR) is 132 cm³/mol. The lowest BCUT2D eigenvalue weighted by Gasteiger charge is -2.29. The summed E-state index contributed by atoms with van der Waals surface area (Å²) >= 11 is 0. The van der Waals surface area contributed by atoms with Gasteiger partial charge in [-0.05, 0) is 119 Å². The average molecular weight is 409 g/mol. The number of hydrogen-bond acceptors (Lipinski definition) is 0. The third kappa shape index (κ3) is 4.54. The van der Waals surface area contributed by atoms with Crippen molar-refractivity contribution in [2.75, 3.05) is 0 Å². The largest absolute Gasteiger partial charge is 0.0993 e. The minimum absolute atomic E-state index is 0.651. The van der Waals surface area contributed by atoms with Gasteiger partial charge in [0.05, 0.1) is 0 Å². The number of fused-ring (bicyclic) bond motifs is 1. The second-order valence-corrected chi connectivity index (χ2v) is 11.9. The maximum absolute atomic E-state index is 4.19. The molecular weight excluding hydrogens is 360 g/mol. The van der Waals surface area contributed by atoms with E-state index < -0.39 is 0 Å². The van der Waals surface area contributed by atoms with Gasteiger partial charge >= 0.3 is 0 Å². The lowest BCUT2D eigenvalue weighted by Crippen LogP contribution is -2.16. The molecule has 1 atom stereocenters. The van der Waals surface area contributed by atoms with Crippen LogP contribution in [0.25, 0.3) is 0 Å². The molecule has 0 saturated heterocycles. The van der Waals surface area contributed by atoms with Gasteiger partial charge in [-0.3, -0.25) is 0 Å². The molecule has 0 aromatic heterocycles. The van der Waals surface area contributed by atoms with Crippen molar-refractivity contribution >= 4 is 0 Å². The maximum atomic E-state index is 4.19. The van der Waals surface area contributed by atoms with Gasteiger partial charge in [0, 0.05) is 0 Å². The Kier molecular flexibility index (Phi) is 7.01. The van der Waals surface area contributed by atoms with E-state index in [0.717, 1.165) is 0 Å². The van der Waals surface area contributed by atoms with Crippen LogP contribution in [0.15, 0.2) is 35.5 Å². The minimum atomic E-state index is 0.651. The van der Waals surface area contributed by atoms with E-state index in [9.17, 15) is 0 Å². The van der Waals surface area contributed by atoms with E-state index in [4.69, 9.17) is 0 Å². The van der Waals surface area contributed by atoms with Crippen molar-refractivity contribution in [1.82, 2.24) is 0 Å². The van der Waals surface area contributed by atoms with Crippen molar-refractivity contribution in [1.29, 1.82) is 0 Å². The van der Waals surface area contributed by atoms with Gasteiger partial charge in [-0.1, -0.05) is 68.1 Å². The molecular formula is C30H48. The van der Waals surface area contributed by atoms with Crippen LogP contribution in [-0.4, -0.2) is 0 Å². The first-order valence-electron chi connectivity index (χ1n) is 13.5. The van der Waals surface area contributed by atoms with E-state index in [1.54, 1.807) is 16.7 Å². The second-order valence-electron chi connectivity index (χ2n) is 11.9. The molecule has 6 aliphatic rings. The SMILES string of the molecule is C=C1CCCC12CCCC2.CC12CCCC=C1CCC2.CC1=CCCC12CCCC2. The topological polar surface area (TPSA) is 0 Å². The Morgan fingerprint density at radius 2 is 1.23 bits per heavy atom. The fourth-order valence-corrected chi connectivity index (χ4v) is 7.95. The zero-order chi connectivity index (χ0) is 21.1. The molecule has 1 unspecified atom stereocenters. The van der Waals surface area contributed by atoms with Gasteiger partial charge in [-0.25, -0.2) is 0 Å². The summed E-state index contributed by atoms with van der Waals surface area (Å²) in [7, 11) is 0. The van der Waals surface area contributed by atoms with Crippen molar-refractivity contribution in [2.24, 2.45) is 16.2 Å². The first-order valence-corrected chi connectivity index (χ1v) is 13.5. The van der Waals surface area contributed by atoms with E-state index in [0.29, 0.717) is 16.2 Å². The second kappa shape index (κ2) is 9.38. The monoisotopic (exact) mass is 408 g/mol. The van der Waals surface area contributed by atoms with Crippen molar-refractivity contribution in [3.05, 3.63) is 35.5 Å². The molecule has 0 heteroatoms. The van der Waals surface area contributed by atoms with Gasteiger partial charge in [-0.15, -0.1) is 0 Å². The summed E-state index contributed by atoms with van der Waals surface area (Å²) < 4.78 is 0. The molecule has 0 N–H and O–H groups in total. The maximum Gasteiger partial charge on any atom is -0.00879 e. The Hall–Kier alpha value is -0.780. The van der Waals surface area contributed by atoms with Crippen molar-refractivity contribution < 1.29 is 0 Å². The molecule has 0 aromatic carbocycles. The van der Waals surface area contributed by atoms with Gasteiger partial charge in [0.25, 0.3) is 0 Å². The summed E-state index contributed by atoms with van der Waals surface area (Å²) in [6.07, 6.45) is 32.2. The Bertz CT molecular complexity index is 645. The molecule has 0 bridgehead atoms. The zero-order valence-electron chi connectivity index (χ0n) is 20.3. The highest BCUT2D eigenvalue weighted by Gasteiger charge is 2.39. The predicted octanol–water partition coefficient (Wildman–Crippen LogP) is 9.86. The van der Waals surface area contributed by atoms with Crippen molar-refractivity contribution in [2.45, 2.75) is 136 Å². The van der Waals surface area contributed by atoms with E-state index >= 15 is 0 Å². The average Bonchev–Trinajstić information content (AvgIpc) is 3.55. The molecule has 168 valence electrons. The number of hydrogen-bond donors (Lipinski definition) is 0. The molecule has 2 spiro atoms. The normalized spacial score (nSPS) is 32.9. The Balaban J connectivity index is 0.000000109. The highest BCUT2D eigenvalue weighted by molar-refractivity contribution is 5.20. The number of allylic oxidation sites excluding steroid dienone is 5. The van der Waals surface area contributed by atoms with E-state index in [1.807, 2.05) is 0 Å². The fraction of sp³-hybridized carbons (Fsp3) is 0.800. The fourth-order valence-electron chi connectivity index (χ4n) is 7.95. The summed E-state index contributed by atoms with van der Waals surface area (Å²) in [6, 6.07) is 0. The third-order valence-electron chi connectivity index (χ3n) is 10.2. The first kappa shape index (κ1) is 22.4. The van der Waals surface area contributed by atoms with Gasteiger partial charge in [0.2, 0.25) is 0 Å². The van der Waals surface area contributed by atoms with Crippen LogP contribution in [0, 0.1) is 16.2 Å². The van der Waals surface area contributed by atoms with Gasteiger partial charge < -0.3 is 0 Å². The Morgan fingerprint density at radius 3 is 1.80 bits per heavy atom. The molecule has 0 radical (unpaired) electrons. The molecule has 0 aliphatic heterocycles. The quantitative estimate of drug-likeness (QED) is 0.350. The van der Waals surface area contributed by atoms with Gasteiger partial charge in [0.15, 0.2) is 0 Å². The highest BCUT2D eigenvalue weighted by Crippen LogP contribution is 2.53. The standard InChI is InChI=1S/3C10H16/c2*1-9-5-4-8-10(9)6-2-3-7-10;1-10-7-3-2-5-9(10)6-4-8-10/h5H,2-4,6-8H2,1H3;1-8H2;5H,2-4,6-8H2,1H3. The van der Waals surface area contributed by atoms with Crippen LogP contribution < -0.4 is 0 Å². The third-order valence-corrected chi connectivity index (χ3v) is 10.2. The smallest absolute Gasteiger partial charge is 0.00879 e. The van der Waals surface area contributed by atoms with Crippen LogP contribution in [0.1, 0.15) is 136 Å². The molecule has 6 aliphatic carbocycles. The van der Waals surface area contributed by atoms with E-state index in [-0.39, 0.29) is 0 Å². The summed E-state index contributed by atoms with van der Waals surface area (Å²) in [5.74, 6) is 0. The Morgan fingerprint density at radius 1 is 0.633 bits per heavy atom. The number of rotatable bonds is 0. The van der Waals surface area contributed by atoms with Crippen molar-refractivity contribution in [3.8, 4) is 0 Å². The summed E-state index contributed by atoms with van der Waals surface area (Å²) in [4.78, 5) is 0. The summed E-state index contributed by atoms with van der Waals surface area (Å²) in [5.41, 5.74) is 7.06. The Labute approximate surface area is 187 Å². The van der Waals surface area contributed by atoms with Gasteiger partial charge in [0.1, 0.15) is 0 Å². The van der Waals surface area contributed by atoms with Crippen LogP contribution in [0.3, 0.4) is 0 Å². The minimum Gasteiger partial charge on any atom is -0.0993 e. The summed E-state index contributed by atoms with van der Waals surface area (Å²) in [6.45, 7) is 8.97. The molecule has 0 heterocycles. The lowest BCUT2D eigenvalue weighted by atomic mass is 9.76. The van der Waals surface area contributed by atoms with Gasteiger partial charge in [-0.2, -0.15) is 0 Å². The van der Waals surface area contributed by atoms with Crippen LogP contribution in [0.5, 0.6) is 0 Å². The zero-order valence-corrected chi connectivity index (χ0v) is 20.3. The molecule has 0 aromatic rings.